The summed E-state index contributed by atoms with van der Waals surface area (Å²) in [5, 5.41) is 0.823. The molecule has 1 heterocycles. The maximum absolute atomic E-state index is 12.9. The van der Waals surface area contributed by atoms with Crippen molar-refractivity contribution in [2.45, 2.75) is 13.3 Å². The molecule has 0 unspecified atom stereocenters. The SMILES string of the molecule is CCCOc1c(C(=O)F)ccc2cccnc12. The van der Waals surface area contributed by atoms with Crippen molar-refractivity contribution in [2.75, 3.05) is 6.61 Å². The standard InChI is InChI=1S/C13H12FNO2/c1-2-8-17-12-10(13(14)16)6-5-9-4-3-7-15-11(9)12/h3-7H,2,8H2,1H3. The minimum atomic E-state index is -1.50. The lowest BCUT2D eigenvalue weighted by molar-refractivity contribution is 0.0832. The highest BCUT2D eigenvalue weighted by atomic mass is 19.1. The van der Waals surface area contributed by atoms with Gasteiger partial charge in [-0.3, -0.25) is 9.78 Å². The van der Waals surface area contributed by atoms with Gasteiger partial charge in [0.25, 0.3) is 0 Å². The van der Waals surface area contributed by atoms with Crippen LogP contribution in [-0.4, -0.2) is 17.6 Å². The summed E-state index contributed by atoms with van der Waals surface area (Å²) in [6, 6.07) is 5.21. The monoisotopic (exact) mass is 233 g/mol. The van der Waals surface area contributed by atoms with Gasteiger partial charge in [-0.05, 0) is 18.6 Å². The number of halogens is 1. The molecule has 0 aliphatic rings. The van der Waals surface area contributed by atoms with E-state index in [1.807, 2.05) is 13.0 Å². The molecule has 0 bridgehead atoms. The molecular weight excluding hydrogens is 221 g/mol. The van der Waals surface area contributed by atoms with Crippen molar-refractivity contribution < 1.29 is 13.9 Å². The van der Waals surface area contributed by atoms with Gasteiger partial charge in [-0.15, -0.1) is 0 Å². The van der Waals surface area contributed by atoms with E-state index in [0.717, 1.165) is 11.8 Å². The fourth-order valence-electron chi connectivity index (χ4n) is 1.62. The van der Waals surface area contributed by atoms with Crippen LogP contribution >= 0.6 is 0 Å². The molecule has 0 N–H and O–H groups in total. The van der Waals surface area contributed by atoms with Crippen molar-refractivity contribution in [2.24, 2.45) is 0 Å². The summed E-state index contributed by atoms with van der Waals surface area (Å²) in [5.41, 5.74) is 0.453. The summed E-state index contributed by atoms with van der Waals surface area (Å²) in [5.74, 6) is 0.234. The highest BCUT2D eigenvalue weighted by Crippen LogP contribution is 2.28. The number of nitrogens with zero attached hydrogens (tertiary/aromatic N) is 1. The topological polar surface area (TPSA) is 39.2 Å². The second-order valence-corrected chi connectivity index (χ2v) is 3.64. The van der Waals surface area contributed by atoms with Crippen LogP contribution in [0.25, 0.3) is 10.9 Å². The number of rotatable bonds is 4. The molecule has 1 aromatic carbocycles. The van der Waals surface area contributed by atoms with Gasteiger partial charge in [-0.2, -0.15) is 4.39 Å². The fourth-order valence-corrected chi connectivity index (χ4v) is 1.62. The second-order valence-electron chi connectivity index (χ2n) is 3.64. The summed E-state index contributed by atoms with van der Waals surface area (Å²) in [7, 11) is 0. The van der Waals surface area contributed by atoms with Crippen molar-refractivity contribution in [1.82, 2.24) is 4.98 Å². The minimum Gasteiger partial charge on any atom is -0.490 e. The molecule has 0 fully saturated rings. The number of pyridine rings is 1. The Bertz CT molecular complexity index is 554. The van der Waals surface area contributed by atoms with E-state index < -0.39 is 6.04 Å². The maximum Gasteiger partial charge on any atom is 0.335 e. The number of fused-ring (bicyclic) bond motifs is 1. The average molecular weight is 233 g/mol. The molecule has 0 atom stereocenters. The molecule has 2 rings (SSSR count). The molecule has 2 aromatic rings. The first-order valence-electron chi connectivity index (χ1n) is 5.44. The van der Waals surface area contributed by atoms with Crippen LogP contribution in [0.3, 0.4) is 0 Å². The van der Waals surface area contributed by atoms with Gasteiger partial charge < -0.3 is 4.74 Å². The normalized spacial score (nSPS) is 10.5. The van der Waals surface area contributed by atoms with Crippen LogP contribution in [0.1, 0.15) is 23.7 Å². The van der Waals surface area contributed by atoms with Crippen molar-refractivity contribution in [3.8, 4) is 5.75 Å². The quantitative estimate of drug-likeness (QED) is 0.761. The Morgan fingerprint density at radius 1 is 1.41 bits per heavy atom. The smallest absolute Gasteiger partial charge is 0.335 e. The Balaban J connectivity index is 2.61. The molecule has 1 aromatic heterocycles. The molecule has 0 saturated carbocycles. The average Bonchev–Trinajstić information content (AvgIpc) is 2.35. The van der Waals surface area contributed by atoms with E-state index in [1.54, 1.807) is 18.3 Å². The van der Waals surface area contributed by atoms with E-state index in [-0.39, 0.29) is 11.3 Å². The van der Waals surface area contributed by atoms with Gasteiger partial charge in [0.15, 0.2) is 5.75 Å². The Morgan fingerprint density at radius 3 is 2.94 bits per heavy atom. The number of ether oxygens (including phenoxy) is 1. The molecule has 88 valence electrons. The molecule has 0 saturated heterocycles. The van der Waals surface area contributed by atoms with Crippen LogP contribution in [0.15, 0.2) is 30.5 Å². The van der Waals surface area contributed by atoms with Gasteiger partial charge in [-0.1, -0.05) is 19.1 Å². The largest absolute Gasteiger partial charge is 0.490 e. The van der Waals surface area contributed by atoms with Crippen molar-refractivity contribution in [3.05, 3.63) is 36.0 Å². The molecule has 4 heteroatoms. The molecular formula is C13H12FNO2. The minimum absolute atomic E-state index is 0.0651. The summed E-state index contributed by atoms with van der Waals surface area (Å²) in [4.78, 5) is 15.0. The third-order valence-corrected chi connectivity index (χ3v) is 2.39. The first-order chi connectivity index (χ1) is 8.24. The van der Waals surface area contributed by atoms with Crippen molar-refractivity contribution in [3.63, 3.8) is 0 Å². The van der Waals surface area contributed by atoms with Gasteiger partial charge in [0.05, 0.1) is 12.2 Å². The summed E-state index contributed by atoms with van der Waals surface area (Å²) in [6.07, 6.45) is 2.37. The number of aromatic nitrogens is 1. The van der Waals surface area contributed by atoms with E-state index in [0.29, 0.717) is 12.1 Å². The summed E-state index contributed by atoms with van der Waals surface area (Å²) >= 11 is 0. The van der Waals surface area contributed by atoms with Crippen LogP contribution in [0.2, 0.25) is 0 Å². The molecule has 3 nitrogen and oxygen atoms in total. The van der Waals surface area contributed by atoms with Crippen LogP contribution in [0, 0.1) is 0 Å². The zero-order chi connectivity index (χ0) is 12.3. The molecule has 17 heavy (non-hydrogen) atoms. The molecule has 0 aliphatic carbocycles. The van der Waals surface area contributed by atoms with Crippen molar-refractivity contribution in [1.29, 1.82) is 0 Å². The van der Waals surface area contributed by atoms with Gasteiger partial charge in [0, 0.05) is 11.6 Å². The molecule has 0 aliphatic heterocycles. The van der Waals surface area contributed by atoms with E-state index in [4.69, 9.17) is 4.74 Å². The predicted octanol–water partition coefficient (Wildman–Crippen LogP) is 3.13. The number of hydrogen-bond acceptors (Lipinski definition) is 3. The van der Waals surface area contributed by atoms with Gasteiger partial charge in [0.2, 0.25) is 0 Å². The highest BCUT2D eigenvalue weighted by molar-refractivity contribution is 5.99. The molecule has 0 spiro atoms. The first-order valence-corrected chi connectivity index (χ1v) is 5.44. The first kappa shape index (κ1) is 11.5. The summed E-state index contributed by atoms with van der Waals surface area (Å²) < 4.78 is 18.3. The van der Waals surface area contributed by atoms with Gasteiger partial charge >= 0.3 is 6.04 Å². The van der Waals surface area contributed by atoms with E-state index in [1.165, 1.54) is 6.07 Å². The lowest BCUT2D eigenvalue weighted by Crippen LogP contribution is -2.02. The number of benzene rings is 1. The van der Waals surface area contributed by atoms with Crippen LogP contribution < -0.4 is 4.74 Å². The summed E-state index contributed by atoms with van der Waals surface area (Å²) in [6.45, 7) is 2.37. The lowest BCUT2D eigenvalue weighted by Gasteiger charge is -2.10. The lowest BCUT2D eigenvalue weighted by atomic mass is 10.1. The van der Waals surface area contributed by atoms with Gasteiger partial charge in [0.1, 0.15) is 5.52 Å². The zero-order valence-electron chi connectivity index (χ0n) is 9.44. The highest BCUT2D eigenvalue weighted by Gasteiger charge is 2.15. The molecule has 0 radical (unpaired) electrons. The van der Waals surface area contributed by atoms with Crippen LogP contribution in [0.5, 0.6) is 5.75 Å². The van der Waals surface area contributed by atoms with Crippen molar-refractivity contribution >= 4 is 16.9 Å². The Kier molecular flexibility index (Phi) is 3.32. The van der Waals surface area contributed by atoms with Crippen LogP contribution in [-0.2, 0) is 0 Å². The van der Waals surface area contributed by atoms with E-state index >= 15 is 0 Å². The number of carbonyl (C=O) groups is 1. The van der Waals surface area contributed by atoms with Gasteiger partial charge in [-0.25, -0.2) is 0 Å². The third-order valence-electron chi connectivity index (χ3n) is 2.39. The third kappa shape index (κ3) is 2.25. The number of carbonyl (C=O) groups excluding carboxylic acids is 1. The molecule has 0 amide bonds. The Hall–Kier alpha value is -1.97. The van der Waals surface area contributed by atoms with Crippen LogP contribution in [0.4, 0.5) is 4.39 Å². The zero-order valence-corrected chi connectivity index (χ0v) is 9.44. The van der Waals surface area contributed by atoms with E-state index in [2.05, 4.69) is 4.98 Å². The predicted molar refractivity (Wildman–Crippen MR) is 63.0 cm³/mol. The fraction of sp³-hybridized carbons (Fsp3) is 0.231. The Labute approximate surface area is 98.2 Å². The Morgan fingerprint density at radius 2 is 2.24 bits per heavy atom. The second kappa shape index (κ2) is 4.91. The van der Waals surface area contributed by atoms with E-state index in [9.17, 15) is 9.18 Å². The number of hydrogen-bond donors (Lipinski definition) is 0. The maximum atomic E-state index is 12.9.